The van der Waals surface area contributed by atoms with Gasteiger partial charge in [-0.25, -0.2) is 0 Å². The molecule has 0 fully saturated rings. The molecule has 0 amide bonds. The van der Waals surface area contributed by atoms with Gasteiger partial charge in [0.2, 0.25) is 0 Å². The van der Waals surface area contributed by atoms with Crippen molar-refractivity contribution in [3.05, 3.63) is 119 Å². The molecule has 4 nitrogen and oxygen atoms in total. The molecule has 0 heterocycles. The number of aliphatic imine (C=N–C) groups is 2. The Labute approximate surface area is 214 Å². The van der Waals surface area contributed by atoms with E-state index in [1.807, 2.05) is 64.9 Å². The van der Waals surface area contributed by atoms with Gasteiger partial charge < -0.3 is 9.80 Å². The van der Waals surface area contributed by atoms with E-state index >= 15 is 0 Å². The van der Waals surface area contributed by atoms with Crippen LogP contribution in [-0.2, 0) is 0 Å². The third kappa shape index (κ3) is 7.03. The van der Waals surface area contributed by atoms with Crippen molar-refractivity contribution in [1.82, 2.24) is 0 Å². The van der Waals surface area contributed by atoms with Gasteiger partial charge in [-0.05, 0) is 70.8 Å². The molecule has 0 aliphatic carbocycles. The molecule has 4 rings (SSSR count). The second-order valence-electron chi connectivity index (χ2n) is 9.00. The van der Waals surface area contributed by atoms with Crippen molar-refractivity contribution in [3.63, 3.8) is 0 Å². The number of nitrogens with zero attached hydrogens (tertiary/aromatic N) is 4. The minimum atomic E-state index is 0.933. The number of hydrogen-bond donors (Lipinski definition) is 0. The molecule has 0 atom stereocenters. The standard InChI is InChI=1S/C32H32N4/c1-35(2)31-19-11-27(12-20-31)23-33-29-15-7-25(8-16-29)5-6-26-9-17-30(18-10-26)34-24-28-13-21-32(22-14-28)36(3)4/h5-24H,1-4H3. The van der Waals surface area contributed by atoms with Crippen LogP contribution < -0.4 is 9.80 Å². The fourth-order valence-corrected chi connectivity index (χ4v) is 3.55. The Morgan fingerprint density at radius 2 is 0.722 bits per heavy atom. The Hall–Kier alpha value is -4.44. The molecule has 180 valence electrons. The van der Waals surface area contributed by atoms with Crippen LogP contribution in [0.5, 0.6) is 0 Å². The summed E-state index contributed by atoms with van der Waals surface area (Å²) in [5, 5.41) is 0. The first-order valence-corrected chi connectivity index (χ1v) is 12.0. The summed E-state index contributed by atoms with van der Waals surface area (Å²) in [5.41, 5.74) is 8.65. The van der Waals surface area contributed by atoms with E-state index in [-0.39, 0.29) is 0 Å². The quantitative estimate of drug-likeness (QED) is 0.196. The zero-order valence-corrected chi connectivity index (χ0v) is 21.3. The fraction of sp³-hybridized carbons (Fsp3) is 0.125. The van der Waals surface area contributed by atoms with Gasteiger partial charge in [-0.1, -0.05) is 60.7 Å². The van der Waals surface area contributed by atoms with E-state index < -0.39 is 0 Å². The van der Waals surface area contributed by atoms with Crippen LogP contribution in [0.4, 0.5) is 22.7 Å². The van der Waals surface area contributed by atoms with Gasteiger partial charge in [0, 0.05) is 52.0 Å². The second kappa shape index (κ2) is 11.8. The molecule has 4 aromatic rings. The van der Waals surface area contributed by atoms with E-state index in [1.54, 1.807) is 0 Å². The van der Waals surface area contributed by atoms with Crippen LogP contribution in [0.25, 0.3) is 12.2 Å². The van der Waals surface area contributed by atoms with Gasteiger partial charge in [0.15, 0.2) is 0 Å². The highest BCUT2D eigenvalue weighted by Gasteiger charge is 1.97. The van der Waals surface area contributed by atoms with Gasteiger partial charge in [0.1, 0.15) is 0 Å². The molecular weight excluding hydrogens is 440 g/mol. The third-order valence-corrected chi connectivity index (χ3v) is 5.80. The zero-order valence-electron chi connectivity index (χ0n) is 21.3. The summed E-state index contributed by atoms with van der Waals surface area (Å²) < 4.78 is 0. The summed E-state index contributed by atoms with van der Waals surface area (Å²) in [6, 6.07) is 33.2. The van der Waals surface area contributed by atoms with Crippen molar-refractivity contribution in [1.29, 1.82) is 0 Å². The Kier molecular flexibility index (Phi) is 8.09. The summed E-state index contributed by atoms with van der Waals surface area (Å²) in [4.78, 5) is 13.4. The first-order valence-electron chi connectivity index (χ1n) is 12.0. The minimum Gasteiger partial charge on any atom is -0.378 e. The molecule has 0 saturated heterocycles. The highest BCUT2D eigenvalue weighted by Crippen LogP contribution is 2.19. The van der Waals surface area contributed by atoms with Crippen molar-refractivity contribution in [2.24, 2.45) is 9.98 Å². The molecule has 0 aliphatic heterocycles. The Morgan fingerprint density at radius 3 is 1.03 bits per heavy atom. The van der Waals surface area contributed by atoms with Crippen LogP contribution in [0.15, 0.2) is 107 Å². The van der Waals surface area contributed by atoms with E-state index in [9.17, 15) is 0 Å². The summed E-state index contributed by atoms with van der Waals surface area (Å²) in [6.07, 6.45) is 8.01. The molecule has 4 aromatic carbocycles. The number of benzene rings is 4. The lowest BCUT2D eigenvalue weighted by Gasteiger charge is -2.11. The van der Waals surface area contributed by atoms with Gasteiger partial charge in [0.05, 0.1) is 11.4 Å². The van der Waals surface area contributed by atoms with Crippen LogP contribution in [0, 0.1) is 0 Å². The van der Waals surface area contributed by atoms with Gasteiger partial charge in [-0.2, -0.15) is 0 Å². The number of hydrogen-bond acceptors (Lipinski definition) is 4. The second-order valence-corrected chi connectivity index (χ2v) is 9.00. The Morgan fingerprint density at radius 1 is 0.417 bits per heavy atom. The first kappa shape index (κ1) is 24.7. The maximum absolute atomic E-state index is 4.59. The molecule has 0 N–H and O–H groups in total. The zero-order chi connectivity index (χ0) is 25.3. The molecule has 4 heteroatoms. The van der Waals surface area contributed by atoms with Gasteiger partial charge in [-0.15, -0.1) is 0 Å². The van der Waals surface area contributed by atoms with Crippen molar-refractivity contribution < 1.29 is 0 Å². The molecule has 0 spiro atoms. The van der Waals surface area contributed by atoms with Gasteiger partial charge in [0.25, 0.3) is 0 Å². The van der Waals surface area contributed by atoms with Crippen molar-refractivity contribution >= 4 is 47.3 Å². The monoisotopic (exact) mass is 472 g/mol. The van der Waals surface area contributed by atoms with E-state index in [0.717, 1.165) is 33.6 Å². The van der Waals surface area contributed by atoms with Crippen LogP contribution in [0.2, 0.25) is 0 Å². The van der Waals surface area contributed by atoms with Crippen LogP contribution in [0.3, 0.4) is 0 Å². The maximum atomic E-state index is 4.59. The molecule has 0 aromatic heterocycles. The van der Waals surface area contributed by atoms with Crippen molar-refractivity contribution in [2.75, 3.05) is 38.0 Å². The summed E-state index contributed by atoms with van der Waals surface area (Å²) in [7, 11) is 8.15. The largest absolute Gasteiger partial charge is 0.378 e. The third-order valence-electron chi connectivity index (χ3n) is 5.80. The lowest BCUT2D eigenvalue weighted by molar-refractivity contribution is 1.13. The molecule has 0 aliphatic rings. The van der Waals surface area contributed by atoms with Crippen molar-refractivity contribution in [2.45, 2.75) is 0 Å². The molecule has 0 radical (unpaired) electrons. The predicted molar refractivity (Wildman–Crippen MR) is 158 cm³/mol. The lowest BCUT2D eigenvalue weighted by atomic mass is 10.1. The number of anilines is 2. The van der Waals surface area contributed by atoms with Crippen LogP contribution in [-0.4, -0.2) is 40.6 Å². The van der Waals surface area contributed by atoms with Crippen LogP contribution >= 0.6 is 0 Å². The molecule has 0 unspecified atom stereocenters. The SMILES string of the molecule is CN(C)c1ccc(C=Nc2ccc(C=Cc3ccc(N=Cc4ccc(N(C)C)cc4)cc3)cc2)cc1. The van der Waals surface area contributed by atoms with E-state index in [2.05, 4.69) is 105 Å². The molecule has 36 heavy (non-hydrogen) atoms. The molecule has 0 bridgehead atoms. The van der Waals surface area contributed by atoms with Gasteiger partial charge >= 0.3 is 0 Å². The van der Waals surface area contributed by atoms with Crippen molar-refractivity contribution in [3.8, 4) is 0 Å². The Balaban J connectivity index is 1.32. The highest BCUT2D eigenvalue weighted by atomic mass is 15.1. The highest BCUT2D eigenvalue weighted by molar-refractivity contribution is 5.83. The lowest BCUT2D eigenvalue weighted by Crippen LogP contribution is -2.08. The van der Waals surface area contributed by atoms with E-state index in [1.165, 1.54) is 11.4 Å². The fourth-order valence-electron chi connectivity index (χ4n) is 3.55. The van der Waals surface area contributed by atoms with Gasteiger partial charge in [-0.3, -0.25) is 9.98 Å². The van der Waals surface area contributed by atoms with E-state index in [0.29, 0.717) is 0 Å². The summed E-state index contributed by atoms with van der Waals surface area (Å²) in [5.74, 6) is 0. The predicted octanol–water partition coefficient (Wildman–Crippen LogP) is 7.49. The summed E-state index contributed by atoms with van der Waals surface area (Å²) in [6.45, 7) is 0. The average molecular weight is 473 g/mol. The topological polar surface area (TPSA) is 31.2 Å². The number of rotatable bonds is 8. The van der Waals surface area contributed by atoms with Crippen LogP contribution in [0.1, 0.15) is 22.3 Å². The average Bonchev–Trinajstić information content (AvgIpc) is 2.91. The summed E-state index contributed by atoms with van der Waals surface area (Å²) >= 11 is 0. The first-order chi connectivity index (χ1) is 17.5. The Bertz CT molecular complexity index is 1220. The minimum absolute atomic E-state index is 0.933. The molecule has 0 saturated carbocycles. The normalized spacial score (nSPS) is 11.6. The maximum Gasteiger partial charge on any atom is 0.0630 e. The molecular formula is C32H32N4. The van der Waals surface area contributed by atoms with E-state index in [4.69, 9.17) is 0 Å². The smallest absolute Gasteiger partial charge is 0.0630 e.